The van der Waals surface area contributed by atoms with Gasteiger partial charge in [-0.1, -0.05) is 230 Å². The lowest BCUT2D eigenvalue weighted by atomic mass is 10.0. The van der Waals surface area contributed by atoms with Gasteiger partial charge >= 0.3 is 13.8 Å². The summed E-state index contributed by atoms with van der Waals surface area (Å²) in [6.45, 7) is 4.95. The molecule has 0 aliphatic rings. The molecule has 0 aromatic rings. The van der Waals surface area contributed by atoms with Gasteiger partial charge in [0.2, 0.25) is 0 Å². The smallest absolute Gasteiger partial charge is 0.457 e. The van der Waals surface area contributed by atoms with Crippen molar-refractivity contribution in [2.24, 2.45) is 5.73 Å². The number of allylic oxidation sites excluding steroid dienone is 6. The van der Waals surface area contributed by atoms with Crippen LogP contribution in [0.1, 0.15) is 271 Å². The van der Waals surface area contributed by atoms with Crippen molar-refractivity contribution in [3.63, 3.8) is 0 Å². The monoisotopic (exact) mass is 924 g/mol. The van der Waals surface area contributed by atoms with E-state index in [0.29, 0.717) is 13.0 Å². The van der Waals surface area contributed by atoms with Crippen molar-refractivity contribution < 1.29 is 32.8 Å². The Labute approximate surface area is 397 Å². The Morgan fingerprint density at radius 3 is 1.23 bits per heavy atom. The summed E-state index contributed by atoms with van der Waals surface area (Å²) in [6, 6.07) is 0. The Hall–Kier alpha value is -1.28. The van der Waals surface area contributed by atoms with Gasteiger partial charge in [-0.25, -0.2) is 4.57 Å². The Balaban J connectivity index is 3.89. The molecule has 0 aromatic heterocycles. The van der Waals surface area contributed by atoms with Gasteiger partial charge in [-0.15, -0.1) is 0 Å². The van der Waals surface area contributed by atoms with Crippen LogP contribution in [0.5, 0.6) is 0 Å². The van der Waals surface area contributed by atoms with Crippen LogP contribution in [0, 0.1) is 0 Å². The summed E-state index contributed by atoms with van der Waals surface area (Å²) in [7, 11) is -4.28. The molecule has 3 N–H and O–H groups in total. The van der Waals surface area contributed by atoms with Crippen LogP contribution in [0.25, 0.3) is 0 Å². The van der Waals surface area contributed by atoms with Crippen molar-refractivity contribution in [2.75, 3.05) is 33.0 Å². The zero-order valence-electron chi connectivity index (χ0n) is 42.3. The highest BCUT2D eigenvalue weighted by Crippen LogP contribution is 2.43. The Morgan fingerprint density at radius 2 is 0.828 bits per heavy atom. The molecule has 2 unspecified atom stereocenters. The summed E-state index contributed by atoms with van der Waals surface area (Å²) in [5.74, 6) is -0.327. The van der Waals surface area contributed by atoms with Crippen molar-refractivity contribution >= 4 is 13.8 Å². The quantitative estimate of drug-likeness (QED) is 0.0268. The third-order valence-electron chi connectivity index (χ3n) is 12.0. The number of hydrogen-bond acceptors (Lipinski definition) is 7. The number of carbonyl (C=O) groups excluding carboxylic acids is 1. The molecular formula is C55H106NO7P. The number of nitrogens with two attached hydrogens (primary N) is 1. The lowest BCUT2D eigenvalue weighted by Crippen LogP contribution is -2.28. The van der Waals surface area contributed by atoms with Gasteiger partial charge in [0.15, 0.2) is 0 Å². The predicted octanol–water partition coefficient (Wildman–Crippen LogP) is 17.3. The first-order chi connectivity index (χ1) is 31.4. The number of carbonyl (C=O) groups is 1. The summed E-state index contributed by atoms with van der Waals surface area (Å²) in [5, 5.41) is 0. The minimum absolute atomic E-state index is 0.0947. The number of phosphoric ester groups is 1. The summed E-state index contributed by atoms with van der Waals surface area (Å²) in [6.07, 6.45) is 63.3. The molecule has 64 heavy (non-hydrogen) atoms. The molecule has 8 nitrogen and oxygen atoms in total. The summed E-state index contributed by atoms with van der Waals surface area (Å²) in [5.41, 5.74) is 5.40. The van der Waals surface area contributed by atoms with Crippen LogP contribution in [0.15, 0.2) is 36.5 Å². The van der Waals surface area contributed by atoms with Crippen LogP contribution in [0.2, 0.25) is 0 Å². The standard InChI is InChI=1S/C55H106NO7P/c1-3-5-7-9-11-13-15-17-19-21-23-25-26-27-28-29-30-32-34-36-38-40-42-44-46-48-55(57)63-54(53-62-64(58,59)61-51-49-56)52-60-50-47-45-43-41-39-37-35-33-31-24-22-20-18-16-14-12-10-8-6-4-2/h15,17-18,20-21,23,54H,3-14,16,19,22,24-53,56H2,1-2H3,(H,58,59)/b17-15-,20-18-,23-21-. The Morgan fingerprint density at radius 1 is 0.469 bits per heavy atom. The predicted molar refractivity (Wildman–Crippen MR) is 275 cm³/mol. The van der Waals surface area contributed by atoms with Crippen LogP contribution in [-0.2, 0) is 27.9 Å². The maximum Gasteiger partial charge on any atom is 0.472 e. The zero-order valence-corrected chi connectivity index (χ0v) is 43.2. The van der Waals surface area contributed by atoms with E-state index in [9.17, 15) is 14.3 Å². The van der Waals surface area contributed by atoms with E-state index < -0.39 is 13.9 Å². The van der Waals surface area contributed by atoms with Crippen LogP contribution in [0.3, 0.4) is 0 Å². The number of ether oxygens (including phenoxy) is 2. The van der Waals surface area contributed by atoms with E-state index in [1.807, 2.05) is 0 Å². The number of rotatable bonds is 53. The molecule has 0 saturated carbocycles. The molecule has 9 heteroatoms. The maximum atomic E-state index is 12.7. The summed E-state index contributed by atoms with van der Waals surface area (Å²) in [4.78, 5) is 22.6. The highest BCUT2D eigenvalue weighted by Gasteiger charge is 2.25. The van der Waals surface area contributed by atoms with Crippen molar-refractivity contribution in [2.45, 2.75) is 277 Å². The van der Waals surface area contributed by atoms with Gasteiger partial charge < -0.3 is 20.1 Å². The van der Waals surface area contributed by atoms with Crippen molar-refractivity contribution in [3.05, 3.63) is 36.5 Å². The molecule has 0 fully saturated rings. The van der Waals surface area contributed by atoms with Crippen LogP contribution in [-0.4, -0.2) is 49.9 Å². The zero-order chi connectivity index (χ0) is 46.5. The van der Waals surface area contributed by atoms with E-state index in [4.69, 9.17) is 24.3 Å². The van der Waals surface area contributed by atoms with E-state index in [-0.39, 0.29) is 32.3 Å². The number of hydrogen-bond donors (Lipinski definition) is 2. The van der Waals surface area contributed by atoms with Gasteiger partial charge in [-0.3, -0.25) is 13.8 Å². The SMILES string of the molecule is CCCCCCC/C=C\C/C=C\CCCCCCCCCCCCCCCC(=O)OC(COCCCCCCCCCCCC/C=C\CCCCCCCC)COP(=O)(O)OCCN. The third kappa shape index (κ3) is 51.7. The Bertz CT molecular complexity index is 1080. The van der Waals surface area contributed by atoms with Gasteiger partial charge in [0, 0.05) is 19.6 Å². The highest BCUT2D eigenvalue weighted by atomic mass is 31.2. The normalized spacial score (nSPS) is 13.5. The molecule has 0 amide bonds. The van der Waals surface area contributed by atoms with Gasteiger partial charge in [0.05, 0.1) is 19.8 Å². The fraction of sp³-hybridized carbons (Fsp3) is 0.873. The lowest BCUT2D eigenvalue weighted by Gasteiger charge is -2.20. The molecular weight excluding hydrogens is 818 g/mol. The first-order valence-corrected chi connectivity index (χ1v) is 29.0. The lowest BCUT2D eigenvalue weighted by molar-refractivity contribution is -0.154. The second-order valence-corrected chi connectivity index (χ2v) is 19.9. The molecule has 0 bridgehead atoms. The van der Waals surface area contributed by atoms with Gasteiger partial charge in [0.25, 0.3) is 0 Å². The molecule has 378 valence electrons. The fourth-order valence-electron chi connectivity index (χ4n) is 7.97. The molecule has 2 atom stereocenters. The Kier molecular flexibility index (Phi) is 51.6. The topological polar surface area (TPSA) is 117 Å². The molecule has 0 spiro atoms. The van der Waals surface area contributed by atoms with Crippen LogP contribution in [0.4, 0.5) is 0 Å². The van der Waals surface area contributed by atoms with Gasteiger partial charge in [-0.2, -0.15) is 0 Å². The van der Waals surface area contributed by atoms with Gasteiger partial charge in [-0.05, 0) is 70.6 Å². The first-order valence-electron chi connectivity index (χ1n) is 27.5. The second kappa shape index (κ2) is 52.7. The molecule has 0 heterocycles. The van der Waals surface area contributed by atoms with E-state index in [2.05, 4.69) is 50.3 Å². The first kappa shape index (κ1) is 62.7. The molecule has 0 radical (unpaired) electrons. The third-order valence-corrected chi connectivity index (χ3v) is 13.0. The largest absolute Gasteiger partial charge is 0.472 e. The maximum absolute atomic E-state index is 12.7. The van der Waals surface area contributed by atoms with Crippen molar-refractivity contribution in [3.8, 4) is 0 Å². The van der Waals surface area contributed by atoms with Crippen LogP contribution < -0.4 is 5.73 Å². The average Bonchev–Trinajstić information content (AvgIpc) is 3.29. The van der Waals surface area contributed by atoms with Crippen LogP contribution >= 0.6 is 7.82 Å². The van der Waals surface area contributed by atoms with Crippen molar-refractivity contribution in [1.29, 1.82) is 0 Å². The molecule has 0 aromatic carbocycles. The fourth-order valence-corrected chi connectivity index (χ4v) is 8.73. The van der Waals surface area contributed by atoms with E-state index in [1.165, 1.54) is 212 Å². The average molecular weight is 924 g/mol. The van der Waals surface area contributed by atoms with E-state index in [0.717, 1.165) is 38.5 Å². The minimum Gasteiger partial charge on any atom is -0.457 e. The second-order valence-electron chi connectivity index (χ2n) is 18.4. The molecule has 0 rings (SSSR count). The number of phosphoric acid groups is 1. The minimum atomic E-state index is -4.28. The summed E-state index contributed by atoms with van der Waals surface area (Å²) >= 11 is 0. The van der Waals surface area contributed by atoms with E-state index in [1.54, 1.807) is 0 Å². The summed E-state index contributed by atoms with van der Waals surface area (Å²) < 4.78 is 33.7. The molecule has 0 aliphatic carbocycles. The van der Waals surface area contributed by atoms with E-state index >= 15 is 0 Å². The highest BCUT2D eigenvalue weighted by molar-refractivity contribution is 7.47. The number of esters is 1. The molecule has 0 saturated heterocycles. The number of unbranched alkanes of at least 4 members (excludes halogenated alkanes) is 34. The van der Waals surface area contributed by atoms with Gasteiger partial charge in [0.1, 0.15) is 6.10 Å². The molecule has 0 aliphatic heterocycles. The van der Waals surface area contributed by atoms with Crippen molar-refractivity contribution in [1.82, 2.24) is 0 Å².